The number of methoxy groups -OCH3 is 1. The zero-order chi connectivity index (χ0) is 10.2. The Hall–Kier alpha value is -0.720. The Kier molecular flexibility index (Phi) is 5.43. The first-order valence-electron chi connectivity index (χ1n) is 5.79. The molecule has 0 aromatic heterocycles. The van der Waals surface area contributed by atoms with Crippen LogP contribution in [-0.2, 0) is 4.74 Å². The Bertz CT molecular complexity index is 213. The molecule has 14 heavy (non-hydrogen) atoms. The highest BCUT2D eigenvalue weighted by molar-refractivity contribution is 5.20. The SMILES string of the molecule is CCCCCCC1=CC=C(OC)CC1. The number of ether oxygens (including phenoxy) is 1. The Morgan fingerprint density at radius 3 is 2.57 bits per heavy atom. The van der Waals surface area contributed by atoms with Gasteiger partial charge in [0.2, 0.25) is 0 Å². The maximum atomic E-state index is 5.20. The van der Waals surface area contributed by atoms with Crippen LogP contribution in [0.15, 0.2) is 23.5 Å². The lowest BCUT2D eigenvalue weighted by atomic mass is 9.98. The molecular weight excluding hydrogens is 172 g/mol. The van der Waals surface area contributed by atoms with Crippen molar-refractivity contribution < 1.29 is 4.74 Å². The van der Waals surface area contributed by atoms with E-state index in [2.05, 4.69) is 19.1 Å². The fraction of sp³-hybridized carbons (Fsp3) is 0.692. The molecule has 1 heteroatoms. The molecule has 0 N–H and O–H groups in total. The molecule has 0 atom stereocenters. The summed E-state index contributed by atoms with van der Waals surface area (Å²) < 4.78 is 5.20. The normalized spacial score (nSPS) is 16.1. The summed E-state index contributed by atoms with van der Waals surface area (Å²) in [5.41, 5.74) is 1.60. The average molecular weight is 194 g/mol. The standard InChI is InChI=1S/C13H22O/c1-3-4-5-6-7-12-8-10-13(14-2)11-9-12/h8,10H,3-7,9,11H2,1-2H3. The number of allylic oxidation sites excluding steroid dienone is 4. The first kappa shape index (κ1) is 11.4. The highest BCUT2D eigenvalue weighted by Crippen LogP contribution is 2.22. The van der Waals surface area contributed by atoms with Crippen LogP contribution in [0.1, 0.15) is 51.9 Å². The minimum Gasteiger partial charge on any atom is -0.501 e. The van der Waals surface area contributed by atoms with Crippen LogP contribution >= 0.6 is 0 Å². The van der Waals surface area contributed by atoms with Crippen LogP contribution < -0.4 is 0 Å². The van der Waals surface area contributed by atoms with Crippen LogP contribution in [0.3, 0.4) is 0 Å². The highest BCUT2D eigenvalue weighted by atomic mass is 16.5. The lowest BCUT2D eigenvalue weighted by molar-refractivity contribution is 0.275. The molecule has 1 aliphatic rings. The maximum absolute atomic E-state index is 5.20. The highest BCUT2D eigenvalue weighted by Gasteiger charge is 2.05. The third-order valence-electron chi connectivity index (χ3n) is 2.81. The second kappa shape index (κ2) is 6.69. The number of rotatable bonds is 6. The van der Waals surface area contributed by atoms with Crippen molar-refractivity contribution in [1.82, 2.24) is 0 Å². The molecule has 0 fully saturated rings. The summed E-state index contributed by atoms with van der Waals surface area (Å²) in [7, 11) is 1.76. The second-order valence-electron chi connectivity index (χ2n) is 3.97. The molecule has 0 aromatic carbocycles. The average Bonchev–Trinajstić information content (AvgIpc) is 2.25. The van der Waals surface area contributed by atoms with Gasteiger partial charge < -0.3 is 4.74 Å². The molecule has 0 aromatic rings. The van der Waals surface area contributed by atoms with Crippen LogP contribution in [0.25, 0.3) is 0 Å². The van der Waals surface area contributed by atoms with Gasteiger partial charge in [-0.1, -0.05) is 37.8 Å². The van der Waals surface area contributed by atoms with Crippen molar-refractivity contribution in [3.63, 3.8) is 0 Å². The fourth-order valence-electron chi connectivity index (χ4n) is 1.82. The van der Waals surface area contributed by atoms with E-state index in [0.717, 1.165) is 12.2 Å². The molecule has 0 unspecified atom stereocenters. The third-order valence-corrected chi connectivity index (χ3v) is 2.81. The van der Waals surface area contributed by atoms with Gasteiger partial charge in [0.05, 0.1) is 12.9 Å². The van der Waals surface area contributed by atoms with Gasteiger partial charge >= 0.3 is 0 Å². The summed E-state index contributed by atoms with van der Waals surface area (Å²) in [5, 5.41) is 0. The van der Waals surface area contributed by atoms with E-state index in [4.69, 9.17) is 4.74 Å². The maximum Gasteiger partial charge on any atom is 0.0958 e. The van der Waals surface area contributed by atoms with E-state index >= 15 is 0 Å². The molecule has 1 nitrogen and oxygen atoms in total. The monoisotopic (exact) mass is 194 g/mol. The van der Waals surface area contributed by atoms with Crippen LogP contribution in [0.2, 0.25) is 0 Å². The number of unbranched alkanes of at least 4 members (excludes halogenated alkanes) is 3. The number of hydrogen-bond donors (Lipinski definition) is 0. The Labute approximate surface area is 87.8 Å². The van der Waals surface area contributed by atoms with Gasteiger partial charge in [0, 0.05) is 6.42 Å². The van der Waals surface area contributed by atoms with Gasteiger partial charge in [-0.2, -0.15) is 0 Å². The first-order valence-corrected chi connectivity index (χ1v) is 5.79. The summed E-state index contributed by atoms with van der Waals surface area (Å²) in [4.78, 5) is 0. The molecule has 0 bridgehead atoms. The molecule has 0 spiro atoms. The molecule has 1 aliphatic carbocycles. The Morgan fingerprint density at radius 2 is 2.00 bits per heavy atom. The summed E-state index contributed by atoms with van der Waals surface area (Å²) in [5.74, 6) is 1.13. The predicted octanol–water partition coefficient (Wildman–Crippen LogP) is 4.21. The Balaban J connectivity index is 2.19. The molecule has 0 saturated carbocycles. The lowest BCUT2D eigenvalue weighted by Gasteiger charge is -2.13. The van der Waals surface area contributed by atoms with Crippen molar-refractivity contribution in [3.8, 4) is 0 Å². The summed E-state index contributed by atoms with van der Waals surface area (Å²) >= 11 is 0. The number of hydrogen-bond acceptors (Lipinski definition) is 1. The van der Waals surface area contributed by atoms with Crippen LogP contribution in [-0.4, -0.2) is 7.11 Å². The molecule has 80 valence electrons. The molecular formula is C13H22O. The van der Waals surface area contributed by atoms with Crippen molar-refractivity contribution in [2.45, 2.75) is 51.9 Å². The molecule has 0 radical (unpaired) electrons. The van der Waals surface area contributed by atoms with E-state index in [-0.39, 0.29) is 0 Å². The molecule has 1 rings (SSSR count). The Morgan fingerprint density at radius 1 is 1.14 bits per heavy atom. The summed E-state index contributed by atoms with van der Waals surface area (Å²) in [6.45, 7) is 2.26. The molecule has 0 heterocycles. The molecule has 0 amide bonds. The van der Waals surface area contributed by atoms with Gasteiger partial charge in [0.25, 0.3) is 0 Å². The smallest absolute Gasteiger partial charge is 0.0958 e. The van der Waals surface area contributed by atoms with Gasteiger partial charge in [-0.25, -0.2) is 0 Å². The van der Waals surface area contributed by atoms with Crippen molar-refractivity contribution in [1.29, 1.82) is 0 Å². The molecule has 0 aliphatic heterocycles. The largest absolute Gasteiger partial charge is 0.501 e. The van der Waals surface area contributed by atoms with Gasteiger partial charge in [0.15, 0.2) is 0 Å². The van der Waals surface area contributed by atoms with E-state index in [1.807, 2.05) is 0 Å². The van der Waals surface area contributed by atoms with Crippen molar-refractivity contribution in [3.05, 3.63) is 23.5 Å². The van der Waals surface area contributed by atoms with Gasteiger partial charge in [-0.05, 0) is 25.3 Å². The van der Waals surface area contributed by atoms with E-state index < -0.39 is 0 Å². The first-order chi connectivity index (χ1) is 6.86. The lowest BCUT2D eigenvalue weighted by Crippen LogP contribution is -1.95. The third kappa shape index (κ3) is 3.99. The van der Waals surface area contributed by atoms with Gasteiger partial charge in [0.1, 0.15) is 0 Å². The van der Waals surface area contributed by atoms with Gasteiger partial charge in [-0.15, -0.1) is 0 Å². The fourth-order valence-corrected chi connectivity index (χ4v) is 1.82. The zero-order valence-electron chi connectivity index (χ0n) is 9.51. The minimum absolute atomic E-state index is 1.09. The predicted molar refractivity (Wildman–Crippen MR) is 61.2 cm³/mol. The zero-order valence-corrected chi connectivity index (χ0v) is 9.51. The van der Waals surface area contributed by atoms with Crippen molar-refractivity contribution >= 4 is 0 Å². The van der Waals surface area contributed by atoms with Crippen LogP contribution in [0, 0.1) is 0 Å². The van der Waals surface area contributed by atoms with Gasteiger partial charge in [-0.3, -0.25) is 0 Å². The van der Waals surface area contributed by atoms with Crippen molar-refractivity contribution in [2.24, 2.45) is 0 Å². The second-order valence-corrected chi connectivity index (χ2v) is 3.97. The quantitative estimate of drug-likeness (QED) is 0.576. The summed E-state index contributed by atoms with van der Waals surface area (Å²) in [6, 6.07) is 0. The van der Waals surface area contributed by atoms with Crippen LogP contribution in [0.5, 0.6) is 0 Å². The summed E-state index contributed by atoms with van der Waals surface area (Å²) in [6.07, 6.45) is 13.4. The van der Waals surface area contributed by atoms with E-state index in [9.17, 15) is 0 Å². The van der Waals surface area contributed by atoms with Crippen LogP contribution in [0.4, 0.5) is 0 Å². The van der Waals surface area contributed by atoms with E-state index in [1.165, 1.54) is 38.5 Å². The minimum atomic E-state index is 1.09. The van der Waals surface area contributed by atoms with E-state index in [0.29, 0.717) is 0 Å². The van der Waals surface area contributed by atoms with E-state index in [1.54, 1.807) is 12.7 Å². The van der Waals surface area contributed by atoms with Crippen molar-refractivity contribution in [2.75, 3.05) is 7.11 Å². The molecule has 0 saturated heterocycles. The topological polar surface area (TPSA) is 9.23 Å².